The normalized spacial score (nSPS) is 24.0. The van der Waals surface area contributed by atoms with Crippen molar-refractivity contribution in [1.82, 2.24) is 4.90 Å². The summed E-state index contributed by atoms with van der Waals surface area (Å²) in [6.07, 6.45) is -0.868. The lowest BCUT2D eigenvalue weighted by Gasteiger charge is -2.28. The molecule has 0 spiro atoms. The second kappa shape index (κ2) is 7.12. The predicted molar refractivity (Wildman–Crippen MR) is 98.1 cm³/mol. The Morgan fingerprint density at radius 2 is 2.14 bits per heavy atom. The van der Waals surface area contributed by atoms with E-state index in [0.717, 1.165) is 0 Å². The van der Waals surface area contributed by atoms with Gasteiger partial charge in [0.25, 0.3) is 11.8 Å². The zero-order chi connectivity index (χ0) is 20.9. The number of aliphatic hydroxyl groups excluding tert-OH is 2. The van der Waals surface area contributed by atoms with Crippen LogP contribution in [0.3, 0.4) is 0 Å². The number of nitrogens with zero attached hydrogens (tertiary/aromatic N) is 2. The molecule has 0 aromatic heterocycles. The molecule has 1 unspecified atom stereocenters. The molecule has 3 amide bonds. The van der Waals surface area contributed by atoms with Crippen LogP contribution in [0.5, 0.6) is 0 Å². The van der Waals surface area contributed by atoms with Crippen LogP contribution in [0, 0.1) is 5.82 Å². The van der Waals surface area contributed by atoms with Crippen molar-refractivity contribution in [3.05, 3.63) is 35.2 Å². The highest BCUT2D eigenvalue weighted by molar-refractivity contribution is 5.99. The molecule has 3 atom stereocenters. The van der Waals surface area contributed by atoms with Crippen molar-refractivity contribution in [2.75, 3.05) is 24.6 Å². The molecule has 4 rings (SSSR count). The Morgan fingerprint density at radius 3 is 2.76 bits per heavy atom. The number of amides is 3. The van der Waals surface area contributed by atoms with Gasteiger partial charge in [-0.15, -0.1) is 0 Å². The highest BCUT2D eigenvalue weighted by Crippen LogP contribution is 2.41. The second-order valence-electron chi connectivity index (χ2n) is 7.27. The van der Waals surface area contributed by atoms with Gasteiger partial charge in [0.2, 0.25) is 6.10 Å². The third-order valence-corrected chi connectivity index (χ3v) is 5.57. The van der Waals surface area contributed by atoms with Crippen LogP contribution in [0.1, 0.15) is 17.5 Å². The molecule has 1 fully saturated rings. The predicted octanol–water partition coefficient (Wildman–Crippen LogP) is -0.470. The number of anilines is 1. The third kappa shape index (κ3) is 3.14. The number of benzene rings is 1. The van der Waals surface area contributed by atoms with Gasteiger partial charge in [0.1, 0.15) is 5.82 Å². The van der Waals surface area contributed by atoms with Gasteiger partial charge in [-0.25, -0.2) is 9.18 Å². The minimum absolute atomic E-state index is 0.187. The van der Waals surface area contributed by atoms with Crippen molar-refractivity contribution in [1.29, 1.82) is 0 Å². The number of halogens is 1. The van der Waals surface area contributed by atoms with Crippen LogP contribution >= 0.6 is 0 Å². The third-order valence-electron chi connectivity index (χ3n) is 5.57. The van der Waals surface area contributed by atoms with Crippen molar-refractivity contribution in [3.8, 4) is 0 Å². The maximum absolute atomic E-state index is 14.8. The first kappa shape index (κ1) is 19.3. The molecule has 1 saturated heterocycles. The molecule has 0 radical (unpaired) electrons. The lowest BCUT2D eigenvalue weighted by Crippen LogP contribution is -2.42. The quantitative estimate of drug-likeness (QED) is 0.620. The Labute approximate surface area is 165 Å². The first-order valence-electron chi connectivity index (χ1n) is 9.20. The summed E-state index contributed by atoms with van der Waals surface area (Å²) in [5.74, 6) is -1.85. The lowest BCUT2D eigenvalue weighted by atomic mass is 9.95. The van der Waals surface area contributed by atoms with E-state index in [0.29, 0.717) is 35.2 Å². The number of cyclic esters (lactones) is 1. The van der Waals surface area contributed by atoms with E-state index in [-0.39, 0.29) is 13.1 Å². The van der Waals surface area contributed by atoms with Crippen LogP contribution in [-0.2, 0) is 20.7 Å². The van der Waals surface area contributed by atoms with Gasteiger partial charge in [0.05, 0.1) is 18.3 Å². The highest BCUT2D eigenvalue weighted by Gasteiger charge is 2.50. The molecule has 10 heteroatoms. The first-order valence-corrected chi connectivity index (χ1v) is 9.20. The van der Waals surface area contributed by atoms with Crippen LogP contribution in [0.25, 0.3) is 5.57 Å². The van der Waals surface area contributed by atoms with Gasteiger partial charge in [-0.1, -0.05) is 6.08 Å². The van der Waals surface area contributed by atoms with Crippen LogP contribution in [0.15, 0.2) is 18.2 Å². The Balaban J connectivity index is 1.58. The number of nitrogens with two attached hydrogens (primary N) is 1. The molecule has 3 heterocycles. The Bertz CT molecular complexity index is 933. The van der Waals surface area contributed by atoms with E-state index in [9.17, 15) is 23.9 Å². The van der Waals surface area contributed by atoms with E-state index in [1.807, 2.05) is 0 Å². The standard InChI is InChI=1S/C19H20FN3O6/c20-12-7-13-10(6-14-16(17(21)26)29-19(28)23(13)14)5-11(12)9-1-3-22(4-2-9)18(27)15(25)8-24/h1,5,7,14-16,24-25H,2-4,6,8H2,(H2,21,26)/t14-,15?,16+/m0/s1. The fourth-order valence-electron chi connectivity index (χ4n) is 4.11. The van der Waals surface area contributed by atoms with E-state index >= 15 is 0 Å². The fourth-order valence-corrected chi connectivity index (χ4v) is 4.11. The van der Waals surface area contributed by atoms with Crippen molar-refractivity contribution < 1.29 is 33.7 Å². The molecule has 4 N–H and O–H groups in total. The van der Waals surface area contributed by atoms with Crippen LogP contribution in [-0.4, -0.2) is 71.0 Å². The van der Waals surface area contributed by atoms with Crippen molar-refractivity contribution in [3.63, 3.8) is 0 Å². The highest BCUT2D eigenvalue weighted by atomic mass is 19.1. The number of rotatable bonds is 4. The number of carbonyl (C=O) groups is 3. The molecular weight excluding hydrogens is 385 g/mol. The summed E-state index contributed by atoms with van der Waals surface area (Å²) in [4.78, 5) is 38.2. The monoisotopic (exact) mass is 405 g/mol. The molecular formula is C19H20FN3O6. The molecule has 3 aliphatic heterocycles. The molecule has 154 valence electrons. The van der Waals surface area contributed by atoms with E-state index in [4.69, 9.17) is 15.6 Å². The van der Waals surface area contributed by atoms with Crippen LogP contribution in [0.2, 0.25) is 0 Å². The van der Waals surface area contributed by atoms with Gasteiger partial charge in [-0.2, -0.15) is 0 Å². The Hall–Kier alpha value is -2.98. The summed E-state index contributed by atoms with van der Waals surface area (Å²) in [7, 11) is 0. The molecule has 0 saturated carbocycles. The van der Waals surface area contributed by atoms with Gasteiger partial charge in [-0.05, 0) is 36.1 Å². The number of primary amides is 1. The summed E-state index contributed by atoms with van der Waals surface area (Å²) in [6, 6.07) is 2.32. The molecule has 1 aromatic rings. The summed E-state index contributed by atoms with van der Waals surface area (Å²) >= 11 is 0. The zero-order valence-electron chi connectivity index (χ0n) is 15.4. The van der Waals surface area contributed by atoms with Gasteiger partial charge in [0, 0.05) is 18.7 Å². The van der Waals surface area contributed by atoms with Gasteiger partial charge in [0.15, 0.2) is 6.10 Å². The van der Waals surface area contributed by atoms with E-state index in [1.54, 1.807) is 12.1 Å². The van der Waals surface area contributed by atoms with Crippen molar-refractivity contribution in [2.45, 2.75) is 31.1 Å². The van der Waals surface area contributed by atoms with Crippen LogP contribution < -0.4 is 10.6 Å². The van der Waals surface area contributed by atoms with E-state index < -0.39 is 48.6 Å². The first-order chi connectivity index (χ1) is 13.8. The van der Waals surface area contributed by atoms with Gasteiger partial charge in [-0.3, -0.25) is 14.5 Å². The zero-order valence-corrected chi connectivity index (χ0v) is 15.4. The Kier molecular flexibility index (Phi) is 4.75. The molecule has 0 aliphatic carbocycles. The minimum Gasteiger partial charge on any atom is -0.433 e. The lowest BCUT2D eigenvalue weighted by molar-refractivity contribution is -0.141. The topological polar surface area (TPSA) is 133 Å². The minimum atomic E-state index is -1.46. The second-order valence-corrected chi connectivity index (χ2v) is 7.27. The maximum Gasteiger partial charge on any atom is 0.415 e. The van der Waals surface area contributed by atoms with Crippen molar-refractivity contribution >= 4 is 29.2 Å². The number of hydrogen-bond acceptors (Lipinski definition) is 6. The smallest absolute Gasteiger partial charge is 0.415 e. The summed E-state index contributed by atoms with van der Waals surface area (Å²) in [5, 5.41) is 18.4. The van der Waals surface area contributed by atoms with E-state index in [2.05, 4.69) is 0 Å². The number of ether oxygens (including phenoxy) is 1. The SMILES string of the molecule is NC(=O)[C@@H]1OC(=O)N2c3cc(F)c(C4=CCN(C(=O)C(O)CO)CC4)cc3C[C@@H]12. The molecule has 3 aliphatic rings. The Morgan fingerprint density at radius 1 is 1.38 bits per heavy atom. The summed E-state index contributed by atoms with van der Waals surface area (Å²) < 4.78 is 19.8. The molecule has 9 nitrogen and oxygen atoms in total. The molecule has 1 aromatic carbocycles. The van der Waals surface area contributed by atoms with Crippen LogP contribution in [0.4, 0.5) is 14.9 Å². The summed E-state index contributed by atoms with van der Waals surface area (Å²) in [6.45, 7) is -0.187. The van der Waals surface area contributed by atoms with Gasteiger partial charge >= 0.3 is 6.09 Å². The summed E-state index contributed by atoms with van der Waals surface area (Å²) in [5.41, 5.74) is 7.45. The largest absolute Gasteiger partial charge is 0.433 e. The van der Waals surface area contributed by atoms with Crippen molar-refractivity contribution in [2.24, 2.45) is 5.73 Å². The molecule has 0 bridgehead atoms. The number of aliphatic hydroxyl groups is 2. The fraction of sp³-hybridized carbons (Fsp3) is 0.421. The maximum atomic E-state index is 14.8. The van der Waals surface area contributed by atoms with Gasteiger partial charge < -0.3 is 25.6 Å². The number of fused-ring (bicyclic) bond motifs is 3. The molecule has 29 heavy (non-hydrogen) atoms. The number of carbonyl (C=O) groups excluding carboxylic acids is 3. The van der Waals surface area contributed by atoms with E-state index in [1.165, 1.54) is 15.9 Å². The average Bonchev–Trinajstić information content (AvgIpc) is 3.23. The number of hydrogen-bond donors (Lipinski definition) is 3. The average molecular weight is 405 g/mol.